The highest BCUT2D eigenvalue weighted by Gasteiger charge is 2.32. The van der Waals surface area contributed by atoms with Crippen LogP contribution in [0.15, 0.2) is 24.3 Å². The van der Waals surface area contributed by atoms with Gasteiger partial charge < -0.3 is 10.3 Å². The third-order valence-electron chi connectivity index (χ3n) is 4.49. The van der Waals surface area contributed by atoms with Crippen molar-refractivity contribution in [2.24, 2.45) is 5.73 Å². The molecule has 2 aromatic rings. The van der Waals surface area contributed by atoms with Gasteiger partial charge in [-0.2, -0.15) is 0 Å². The molecule has 1 aliphatic rings. The molecule has 23 heavy (non-hydrogen) atoms. The Labute approximate surface area is 136 Å². The number of rotatable bonds is 6. The summed E-state index contributed by atoms with van der Waals surface area (Å²) in [7, 11) is 2.04. The van der Waals surface area contributed by atoms with Crippen molar-refractivity contribution in [3.8, 4) is 0 Å². The topological polar surface area (TPSA) is 60.0 Å². The van der Waals surface area contributed by atoms with Gasteiger partial charge in [-0.25, -0.2) is 4.39 Å². The molecule has 5 nitrogen and oxygen atoms in total. The second-order valence-corrected chi connectivity index (χ2v) is 6.45. The summed E-state index contributed by atoms with van der Waals surface area (Å²) in [5, 5.41) is 8.78. The van der Waals surface area contributed by atoms with Crippen LogP contribution < -0.4 is 5.73 Å². The van der Waals surface area contributed by atoms with E-state index in [1.54, 1.807) is 0 Å². The van der Waals surface area contributed by atoms with E-state index >= 15 is 0 Å². The summed E-state index contributed by atoms with van der Waals surface area (Å²) < 4.78 is 15.2. The first-order chi connectivity index (χ1) is 11.1. The third kappa shape index (κ3) is 3.59. The zero-order chi connectivity index (χ0) is 16.4. The molecule has 1 heterocycles. The van der Waals surface area contributed by atoms with E-state index in [9.17, 15) is 4.39 Å². The highest BCUT2D eigenvalue weighted by molar-refractivity contribution is 5.16. The van der Waals surface area contributed by atoms with Crippen LogP contribution in [-0.4, -0.2) is 32.8 Å². The van der Waals surface area contributed by atoms with Crippen LogP contribution in [0.2, 0.25) is 0 Å². The van der Waals surface area contributed by atoms with Crippen molar-refractivity contribution < 1.29 is 4.39 Å². The fourth-order valence-electron chi connectivity index (χ4n) is 3.18. The van der Waals surface area contributed by atoms with Gasteiger partial charge in [0, 0.05) is 25.0 Å². The van der Waals surface area contributed by atoms with Gasteiger partial charge in [-0.05, 0) is 44.5 Å². The monoisotopic (exact) mass is 317 g/mol. The van der Waals surface area contributed by atoms with E-state index in [1.807, 2.05) is 19.2 Å². The van der Waals surface area contributed by atoms with Gasteiger partial charge in [-0.15, -0.1) is 10.2 Å². The Kier molecular flexibility index (Phi) is 4.73. The Hall–Kier alpha value is -1.79. The standard InChI is InChI=1S/C17H24FN5/c1-3-23-16(20-21-17(23)13-8-15(19)9-13)11-22(2)10-12-4-6-14(18)7-5-12/h4-7,13,15H,3,8-11,19H2,1-2H3. The predicted octanol–water partition coefficient (Wildman–Crippen LogP) is 2.27. The van der Waals surface area contributed by atoms with Crippen molar-refractivity contribution in [2.75, 3.05) is 7.05 Å². The highest BCUT2D eigenvalue weighted by atomic mass is 19.1. The van der Waals surface area contributed by atoms with Crippen molar-refractivity contribution in [1.29, 1.82) is 0 Å². The van der Waals surface area contributed by atoms with Crippen LogP contribution in [0.4, 0.5) is 4.39 Å². The molecule has 1 saturated carbocycles. The molecular weight excluding hydrogens is 293 g/mol. The van der Waals surface area contributed by atoms with E-state index in [-0.39, 0.29) is 5.82 Å². The first-order valence-corrected chi connectivity index (χ1v) is 8.17. The van der Waals surface area contributed by atoms with E-state index < -0.39 is 0 Å². The van der Waals surface area contributed by atoms with Gasteiger partial charge in [-0.1, -0.05) is 12.1 Å². The molecule has 0 unspecified atom stereocenters. The number of halogens is 1. The molecular formula is C17H24FN5. The molecule has 0 aliphatic heterocycles. The summed E-state index contributed by atoms with van der Waals surface area (Å²) in [4.78, 5) is 2.17. The average Bonchev–Trinajstić information content (AvgIpc) is 2.88. The summed E-state index contributed by atoms with van der Waals surface area (Å²) in [5.41, 5.74) is 6.97. The number of benzene rings is 1. The van der Waals surface area contributed by atoms with Gasteiger partial charge in [0.25, 0.3) is 0 Å². The lowest BCUT2D eigenvalue weighted by molar-refractivity contribution is 0.299. The van der Waals surface area contributed by atoms with Crippen LogP contribution in [0.25, 0.3) is 0 Å². The Morgan fingerprint density at radius 2 is 1.91 bits per heavy atom. The molecule has 0 amide bonds. The Balaban J connectivity index is 1.66. The molecule has 124 valence electrons. The van der Waals surface area contributed by atoms with Gasteiger partial charge >= 0.3 is 0 Å². The second-order valence-electron chi connectivity index (χ2n) is 6.45. The van der Waals surface area contributed by atoms with E-state index in [4.69, 9.17) is 5.73 Å². The van der Waals surface area contributed by atoms with E-state index in [2.05, 4.69) is 26.6 Å². The minimum atomic E-state index is -0.203. The summed E-state index contributed by atoms with van der Waals surface area (Å²) in [5.74, 6) is 2.30. The van der Waals surface area contributed by atoms with Crippen LogP contribution in [0, 0.1) is 5.82 Å². The zero-order valence-corrected chi connectivity index (χ0v) is 13.7. The minimum Gasteiger partial charge on any atom is -0.328 e. The summed E-state index contributed by atoms with van der Waals surface area (Å²) in [6.07, 6.45) is 2.01. The molecule has 0 bridgehead atoms. The Bertz CT molecular complexity index is 646. The third-order valence-corrected chi connectivity index (χ3v) is 4.49. The fourth-order valence-corrected chi connectivity index (χ4v) is 3.18. The fraction of sp³-hybridized carbons (Fsp3) is 0.529. The van der Waals surface area contributed by atoms with Gasteiger partial charge in [0.15, 0.2) is 0 Å². The van der Waals surface area contributed by atoms with Crippen LogP contribution in [0.5, 0.6) is 0 Å². The first kappa shape index (κ1) is 16.1. The highest BCUT2D eigenvalue weighted by Crippen LogP contribution is 2.34. The molecule has 6 heteroatoms. The molecule has 0 saturated heterocycles. The van der Waals surface area contributed by atoms with Crippen LogP contribution in [-0.2, 0) is 19.6 Å². The Morgan fingerprint density at radius 3 is 2.52 bits per heavy atom. The molecule has 1 aromatic carbocycles. The van der Waals surface area contributed by atoms with Crippen molar-refractivity contribution >= 4 is 0 Å². The number of nitrogens with zero attached hydrogens (tertiary/aromatic N) is 4. The lowest BCUT2D eigenvalue weighted by Crippen LogP contribution is -2.36. The number of hydrogen-bond donors (Lipinski definition) is 1. The Morgan fingerprint density at radius 1 is 1.22 bits per heavy atom. The molecule has 0 radical (unpaired) electrons. The average molecular weight is 317 g/mol. The van der Waals surface area contributed by atoms with E-state index in [0.717, 1.165) is 49.7 Å². The number of aromatic nitrogens is 3. The summed E-state index contributed by atoms with van der Waals surface area (Å²) >= 11 is 0. The molecule has 1 aliphatic carbocycles. The SMILES string of the molecule is CCn1c(CN(C)Cc2ccc(F)cc2)nnc1C1CC(N)C1. The second kappa shape index (κ2) is 6.76. The van der Waals surface area contributed by atoms with Gasteiger partial charge in [0.05, 0.1) is 6.54 Å². The first-order valence-electron chi connectivity index (χ1n) is 8.17. The molecule has 0 spiro atoms. The van der Waals surface area contributed by atoms with Crippen molar-refractivity contribution in [1.82, 2.24) is 19.7 Å². The van der Waals surface area contributed by atoms with E-state index in [1.165, 1.54) is 12.1 Å². The summed E-state index contributed by atoms with van der Waals surface area (Å²) in [6, 6.07) is 6.94. The van der Waals surface area contributed by atoms with Gasteiger partial charge in [-0.3, -0.25) is 4.90 Å². The quantitative estimate of drug-likeness (QED) is 0.888. The molecule has 2 N–H and O–H groups in total. The summed E-state index contributed by atoms with van der Waals surface area (Å²) in [6.45, 7) is 4.46. The normalized spacial score (nSPS) is 20.7. The lowest BCUT2D eigenvalue weighted by Gasteiger charge is -2.31. The number of hydrogen-bond acceptors (Lipinski definition) is 4. The largest absolute Gasteiger partial charge is 0.328 e. The molecule has 1 aromatic heterocycles. The van der Waals surface area contributed by atoms with Crippen molar-refractivity contribution in [3.05, 3.63) is 47.3 Å². The lowest BCUT2D eigenvalue weighted by atomic mass is 9.80. The van der Waals surface area contributed by atoms with Crippen LogP contribution in [0.3, 0.4) is 0 Å². The van der Waals surface area contributed by atoms with E-state index in [0.29, 0.717) is 12.0 Å². The maximum absolute atomic E-state index is 13.0. The van der Waals surface area contributed by atoms with Crippen LogP contribution in [0.1, 0.15) is 42.9 Å². The molecule has 0 atom stereocenters. The van der Waals surface area contributed by atoms with Crippen molar-refractivity contribution in [2.45, 2.75) is 51.4 Å². The smallest absolute Gasteiger partial charge is 0.147 e. The predicted molar refractivity (Wildman–Crippen MR) is 87.2 cm³/mol. The van der Waals surface area contributed by atoms with Gasteiger partial charge in [0.1, 0.15) is 17.5 Å². The maximum atomic E-state index is 13.0. The number of nitrogens with two attached hydrogens (primary N) is 1. The maximum Gasteiger partial charge on any atom is 0.147 e. The molecule has 3 rings (SSSR count). The zero-order valence-electron chi connectivity index (χ0n) is 13.7. The minimum absolute atomic E-state index is 0.203. The van der Waals surface area contributed by atoms with Crippen molar-refractivity contribution in [3.63, 3.8) is 0 Å². The molecule has 1 fully saturated rings. The van der Waals surface area contributed by atoms with Gasteiger partial charge in [0.2, 0.25) is 0 Å². The van der Waals surface area contributed by atoms with Crippen LogP contribution >= 0.6 is 0 Å².